The maximum Gasteiger partial charge on any atom is 0.310 e. The smallest absolute Gasteiger partial charge is 0.310 e. The highest BCUT2D eigenvalue weighted by Gasteiger charge is 2.15. The molecule has 0 fully saturated rings. The van der Waals surface area contributed by atoms with E-state index in [1.807, 2.05) is 12.3 Å². The molecule has 114 valence electrons. The number of nitrogen functional groups attached to an aromatic ring is 1. The normalized spacial score (nSPS) is 10.1. The molecule has 0 heterocycles. The Labute approximate surface area is 126 Å². The number of carbonyl (C=O) groups excluding carboxylic acids is 1. The van der Waals surface area contributed by atoms with Crippen molar-refractivity contribution in [2.24, 2.45) is 5.84 Å². The maximum absolute atomic E-state index is 11.3. The largest absolute Gasteiger partial charge is 0.482 e. The molecule has 7 heteroatoms. The lowest BCUT2D eigenvalue weighted by atomic mass is 10.1. The number of hydrazine groups is 1. The number of benzene rings is 2. The summed E-state index contributed by atoms with van der Waals surface area (Å²) in [5.41, 5.74) is 4.04. The second-order valence-corrected chi connectivity index (χ2v) is 4.69. The number of hydrogen-bond donors (Lipinski definition) is 2. The number of nitro benzene ring substituents is 1. The Kier molecular flexibility index (Phi) is 4.70. The van der Waals surface area contributed by atoms with Crippen molar-refractivity contribution < 1.29 is 14.5 Å². The van der Waals surface area contributed by atoms with Crippen molar-refractivity contribution in [1.29, 1.82) is 0 Å². The summed E-state index contributed by atoms with van der Waals surface area (Å²) in [7, 11) is 0. The molecule has 7 nitrogen and oxygen atoms in total. The molecular formula is C15H15N3O4. The highest BCUT2D eigenvalue weighted by atomic mass is 16.6. The van der Waals surface area contributed by atoms with Crippen LogP contribution in [0.2, 0.25) is 0 Å². The molecule has 0 bridgehead atoms. The third-order valence-corrected chi connectivity index (χ3v) is 3.05. The number of carbonyl (C=O) groups is 1. The molecule has 0 saturated heterocycles. The molecule has 0 aromatic heterocycles. The quantitative estimate of drug-likeness (QED) is 0.380. The van der Waals surface area contributed by atoms with E-state index in [1.165, 1.54) is 6.07 Å². The van der Waals surface area contributed by atoms with Gasteiger partial charge in [-0.3, -0.25) is 20.3 Å². The maximum atomic E-state index is 11.3. The van der Waals surface area contributed by atoms with Gasteiger partial charge in [0.15, 0.2) is 5.75 Å². The standard InChI is InChI=1S/C15H15N3O4/c1-10-2-7-13(18(20)21)14(8-10)22-9-11-3-5-12(6-4-11)15(19)17-16/h2-8H,9,16H2,1H3,(H,17,19). The first-order valence-electron chi connectivity index (χ1n) is 6.49. The van der Waals surface area contributed by atoms with E-state index in [0.717, 1.165) is 11.1 Å². The number of aryl methyl sites for hydroxylation is 1. The number of nitrogens with zero attached hydrogens (tertiary/aromatic N) is 1. The van der Waals surface area contributed by atoms with Crippen LogP contribution in [0.15, 0.2) is 42.5 Å². The summed E-state index contributed by atoms with van der Waals surface area (Å²) >= 11 is 0. The Morgan fingerprint density at radius 2 is 1.95 bits per heavy atom. The van der Waals surface area contributed by atoms with E-state index in [0.29, 0.717) is 5.56 Å². The van der Waals surface area contributed by atoms with Crippen molar-refractivity contribution in [2.75, 3.05) is 0 Å². The Hall–Kier alpha value is -2.93. The minimum absolute atomic E-state index is 0.0790. The monoisotopic (exact) mass is 301 g/mol. The van der Waals surface area contributed by atoms with Gasteiger partial charge in [0.25, 0.3) is 5.91 Å². The van der Waals surface area contributed by atoms with E-state index < -0.39 is 4.92 Å². The van der Waals surface area contributed by atoms with Crippen LogP contribution in [0.3, 0.4) is 0 Å². The lowest BCUT2D eigenvalue weighted by Crippen LogP contribution is -2.29. The van der Waals surface area contributed by atoms with Gasteiger partial charge in [0.1, 0.15) is 6.61 Å². The molecule has 0 radical (unpaired) electrons. The second kappa shape index (κ2) is 6.68. The van der Waals surface area contributed by atoms with Crippen molar-refractivity contribution in [2.45, 2.75) is 13.5 Å². The van der Waals surface area contributed by atoms with Crippen molar-refractivity contribution in [3.63, 3.8) is 0 Å². The first kappa shape index (κ1) is 15.5. The fourth-order valence-electron chi connectivity index (χ4n) is 1.88. The van der Waals surface area contributed by atoms with Crippen molar-refractivity contribution >= 4 is 11.6 Å². The van der Waals surface area contributed by atoms with Gasteiger partial charge in [-0.25, -0.2) is 5.84 Å². The van der Waals surface area contributed by atoms with Crippen LogP contribution in [0.5, 0.6) is 5.75 Å². The van der Waals surface area contributed by atoms with Gasteiger partial charge < -0.3 is 4.74 Å². The summed E-state index contributed by atoms with van der Waals surface area (Å²) in [5.74, 6) is 4.88. The average Bonchev–Trinajstić information content (AvgIpc) is 2.52. The first-order chi connectivity index (χ1) is 10.5. The summed E-state index contributed by atoms with van der Waals surface area (Å²) in [6, 6.07) is 11.3. The molecule has 0 saturated carbocycles. The molecule has 1 amide bonds. The van der Waals surface area contributed by atoms with Crippen LogP contribution in [0, 0.1) is 17.0 Å². The fraction of sp³-hybridized carbons (Fsp3) is 0.133. The number of ether oxygens (including phenoxy) is 1. The molecule has 0 spiro atoms. The zero-order valence-electron chi connectivity index (χ0n) is 11.9. The van der Waals surface area contributed by atoms with Gasteiger partial charge in [-0.2, -0.15) is 0 Å². The Balaban J connectivity index is 2.11. The molecule has 0 aliphatic carbocycles. The van der Waals surface area contributed by atoms with Gasteiger partial charge in [0, 0.05) is 11.6 Å². The summed E-state index contributed by atoms with van der Waals surface area (Å²) in [6.45, 7) is 1.99. The molecule has 2 aromatic carbocycles. The van der Waals surface area contributed by atoms with Gasteiger partial charge in [-0.1, -0.05) is 18.2 Å². The zero-order valence-corrected chi connectivity index (χ0v) is 11.9. The Morgan fingerprint density at radius 1 is 1.27 bits per heavy atom. The van der Waals surface area contributed by atoms with Crippen LogP contribution in [-0.2, 0) is 6.61 Å². The van der Waals surface area contributed by atoms with Gasteiger partial charge in [-0.05, 0) is 36.2 Å². The Morgan fingerprint density at radius 3 is 2.55 bits per heavy atom. The van der Waals surface area contributed by atoms with Crippen LogP contribution in [0.1, 0.15) is 21.5 Å². The van der Waals surface area contributed by atoms with Gasteiger partial charge in [-0.15, -0.1) is 0 Å². The molecule has 0 atom stereocenters. The summed E-state index contributed by atoms with van der Waals surface area (Å²) in [4.78, 5) is 21.8. The summed E-state index contributed by atoms with van der Waals surface area (Å²) in [5, 5.41) is 11.0. The average molecular weight is 301 g/mol. The highest BCUT2D eigenvalue weighted by Crippen LogP contribution is 2.28. The molecule has 2 rings (SSSR count). The third-order valence-electron chi connectivity index (χ3n) is 3.05. The van der Waals surface area contributed by atoms with E-state index in [1.54, 1.807) is 36.4 Å². The van der Waals surface area contributed by atoms with Crippen molar-refractivity contribution in [3.05, 3.63) is 69.3 Å². The molecule has 0 aliphatic heterocycles. The minimum Gasteiger partial charge on any atom is -0.482 e. The number of rotatable bonds is 5. The number of nitrogens with two attached hydrogens (primary N) is 1. The van der Waals surface area contributed by atoms with E-state index in [9.17, 15) is 14.9 Å². The number of nitro groups is 1. The number of nitrogens with one attached hydrogen (secondary N) is 1. The Bertz CT molecular complexity index is 698. The molecule has 0 aliphatic rings. The third kappa shape index (κ3) is 3.58. The van der Waals surface area contributed by atoms with E-state index >= 15 is 0 Å². The summed E-state index contributed by atoms with van der Waals surface area (Å²) in [6.07, 6.45) is 0. The van der Waals surface area contributed by atoms with Gasteiger partial charge in [0.2, 0.25) is 0 Å². The van der Waals surface area contributed by atoms with Crippen LogP contribution in [0.4, 0.5) is 5.69 Å². The summed E-state index contributed by atoms with van der Waals surface area (Å²) < 4.78 is 5.53. The van der Waals surface area contributed by atoms with Crippen LogP contribution >= 0.6 is 0 Å². The van der Waals surface area contributed by atoms with Crippen molar-refractivity contribution in [1.82, 2.24) is 5.43 Å². The van der Waals surface area contributed by atoms with E-state index in [-0.39, 0.29) is 24.0 Å². The molecule has 22 heavy (non-hydrogen) atoms. The number of amides is 1. The molecule has 0 unspecified atom stereocenters. The molecular weight excluding hydrogens is 286 g/mol. The van der Waals surface area contributed by atoms with Gasteiger partial charge in [0.05, 0.1) is 4.92 Å². The van der Waals surface area contributed by atoms with Crippen LogP contribution in [-0.4, -0.2) is 10.8 Å². The van der Waals surface area contributed by atoms with E-state index in [2.05, 4.69) is 0 Å². The lowest BCUT2D eigenvalue weighted by molar-refractivity contribution is -0.386. The highest BCUT2D eigenvalue weighted by molar-refractivity contribution is 5.93. The predicted octanol–water partition coefficient (Wildman–Crippen LogP) is 2.09. The predicted molar refractivity (Wildman–Crippen MR) is 80.3 cm³/mol. The van der Waals surface area contributed by atoms with Crippen molar-refractivity contribution in [3.8, 4) is 5.75 Å². The van der Waals surface area contributed by atoms with E-state index in [4.69, 9.17) is 10.6 Å². The minimum atomic E-state index is -0.483. The van der Waals surface area contributed by atoms with Crippen LogP contribution in [0.25, 0.3) is 0 Å². The number of hydrogen-bond acceptors (Lipinski definition) is 5. The topological polar surface area (TPSA) is 107 Å². The first-order valence-corrected chi connectivity index (χ1v) is 6.49. The lowest BCUT2D eigenvalue weighted by Gasteiger charge is -2.08. The fourth-order valence-corrected chi connectivity index (χ4v) is 1.88. The van der Waals surface area contributed by atoms with Gasteiger partial charge >= 0.3 is 5.69 Å². The SMILES string of the molecule is Cc1ccc([N+](=O)[O-])c(OCc2ccc(C(=O)NN)cc2)c1. The second-order valence-electron chi connectivity index (χ2n) is 4.69. The zero-order chi connectivity index (χ0) is 16.1. The van der Waals surface area contributed by atoms with Crippen LogP contribution < -0.4 is 16.0 Å². The molecule has 3 N–H and O–H groups in total. The molecule has 2 aromatic rings.